The Hall–Kier alpha value is -1.08. The van der Waals surface area contributed by atoms with Gasteiger partial charge in [0, 0.05) is 6.61 Å². The molecule has 1 unspecified atom stereocenters. The van der Waals surface area contributed by atoms with E-state index in [1.54, 1.807) is 5.57 Å². The van der Waals surface area contributed by atoms with Crippen molar-refractivity contribution in [2.24, 2.45) is 0 Å². The lowest BCUT2D eigenvalue weighted by molar-refractivity contribution is 0.111. The lowest BCUT2D eigenvalue weighted by Gasteiger charge is -2.18. The van der Waals surface area contributed by atoms with Gasteiger partial charge in [0.1, 0.15) is 0 Å². The Balaban J connectivity index is 1.75. The molecule has 1 fully saturated rings. The van der Waals surface area contributed by atoms with Gasteiger partial charge in [-0.3, -0.25) is 0 Å². The molecule has 1 heterocycles. The number of fused-ring (bicyclic) bond motifs is 1. The molecule has 1 aromatic rings. The zero-order valence-electron chi connectivity index (χ0n) is 9.61. The smallest absolute Gasteiger partial charge is 0.0613 e. The number of hydrogen-bond donors (Lipinski definition) is 0. The van der Waals surface area contributed by atoms with Crippen molar-refractivity contribution in [1.29, 1.82) is 0 Å². The molecular formula is C15H18O. The van der Waals surface area contributed by atoms with Crippen molar-refractivity contribution in [2.45, 2.75) is 38.2 Å². The van der Waals surface area contributed by atoms with Crippen LogP contribution in [0.15, 0.2) is 29.8 Å². The van der Waals surface area contributed by atoms with Gasteiger partial charge in [0.25, 0.3) is 0 Å². The van der Waals surface area contributed by atoms with Gasteiger partial charge in [-0.05, 0) is 43.2 Å². The maximum Gasteiger partial charge on any atom is 0.0613 e. The molecule has 1 heteroatoms. The Morgan fingerprint density at radius 2 is 2.12 bits per heavy atom. The molecule has 0 spiro atoms. The molecule has 1 aromatic carbocycles. The lowest BCUT2D eigenvalue weighted by atomic mass is 9.89. The van der Waals surface area contributed by atoms with E-state index < -0.39 is 0 Å². The number of rotatable bonds is 2. The summed E-state index contributed by atoms with van der Waals surface area (Å²) in [5, 5.41) is 0. The van der Waals surface area contributed by atoms with Crippen LogP contribution in [0, 0.1) is 0 Å². The number of ether oxygens (including phenoxy) is 1. The Morgan fingerprint density at radius 1 is 1.19 bits per heavy atom. The van der Waals surface area contributed by atoms with Crippen molar-refractivity contribution >= 4 is 6.08 Å². The molecule has 0 aromatic heterocycles. The molecule has 0 bridgehead atoms. The zero-order valence-corrected chi connectivity index (χ0v) is 9.61. The predicted molar refractivity (Wildman–Crippen MR) is 66.3 cm³/mol. The fraction of sp³-hybridized carbons (Fsp3) is 0.467. The third-order valence-corrected chi connectivity index (χ3v) is 3.64. The van der Waals surface area contributed by atoms with Crippen LogP contribution >= 0.6 is 0 Å². The Bertz CT molecular complexity index is 400. The van der Waals surface area contributed by atoms with Gasteiger partial charge in [-0.25, -0.2) is 0 Å². The van der Waals surface area contributed by atoms with Crippen LogP contribution in [0.4, 0.5) is 0 Å². The van der Waals surface area contributed by atoms with Gasteiger partial charge in [0.15, 0.2) is 0 Å². The lowest BCUT2D eigenvalue weighted by Crippen LogP contribution is -2.08. The second kappa shape index (κ2) is 4.42. The number of aryl methyl sites for hydroxylation is 1. The van der Waals surface area contributed by atoms with E-state index in [-0.39, 0.29) is 0 Å². The molecular weight excluding hydrogens is 196 g/mol. The topological polar surface area (TPSA) is 9.23 Å². The third-order valence-electron chi connectivity index (χ3n) is 3.64. The van der Waals surface area contributed by atoms with Crippen molar-refractivity contribution in [2.75, 3.05) is 6.61 Å². The summed E-state index contributed by atoms with van der Waals surface area (Å²) in [6, 6.07) is 8.74. The molecule has 84 valence electrons. The summed E-state index contributed by atoms with van der Waals surface area (Å²) in [5.74, 6) is 0. The second-order valence-corrected chi connectivity index (χ2v) is 4.84. The molecule has 3 rings (SSSR count). The molecule has 0 saturated carbocycles. The molecule has 0 radical (unpaired) electrons. The minimum atomic E-state index is 0.497. The first-order chi connectivity index (χ1) is 7.92. The van der Waals surface area contributed by atoms with Crippen molar-refractivity contribution < 1.29 is 4.74 Å². The quantitative estimate of drug-likeness (QED) is 0.731. The minimum Gasteiger partial charge on any atom is -0.378 e. The highest BCUT2D eigenvalue weighted by Gasteiger charge is 2.18. The summed E-state index contributed by atoms with van der Waals surface area (Å²) >= 11 is 0. The van der Waals surface area contributed by atoms with Gasteiger partial charge in [-0.2, -0.15) is 0 Å². The highest BCUT2D eigenvalue weighted by atomic mass is 16.5. The first kappa shape index (κ1) is 10.1. The predicted octanol–water partition coefficient (Wildman–Crippen LogP) is 3.59. The first-order valence-corrected chi connectivity index (χ1v) is 6.31. The monoisotopic (exact) mass is 214 g/mol. The number of benzene rings is 1. The Labute approximate surface area is 97.1 Å². The van der Waals surface area contributed by atoms with E-state index in [0.717, 1.165) is 13.0 Å². The molecule has 1 atom stereocenters. The van der Waals surface area contributed by atoms with E-state index in [1.165, 1.54) is 36.8 Å². The van der Waals surface area contributed by atoms with E-state index in [9.17, 15) is 0 Å². The second-order valence-electron chi connectivity index (χ2n) is 4.84. The summed E-state index contributed by atoms with van der Waals surface area (Å²) in [7, 11) is 0. The Kier molecular flexibility index (Phi) is 2.79. The van der Waals surface area contributed by atoms with Crippen LogP contribution in [0.3, 0.4) is 0 Å². The first-order valence-electron chi connectivity index (χ1n) is 6.31. The molecule has 2 aliphatic rings. The summed E-state index contributed by atoms with van der Waals surface area (Å²) in [4.78, 5) is 0. The van der Waals surface area contributed by atoms with E-state index in [1.807, 2.05) is 0 Å². The standard InChI is InChI=1S/C15H18O/c1-2-5-14-10-12(7-8-13(14)4-1)11-15-6-3-9-16-15/h1-2,4-5,10,15H,3,6-9,11H2. The summed E-state index contributed by atoms with van der Waals surface area (Å²) in [5.41, 5.74) is 4.49. The van der Waals surface area contributed by atoms with Crippen molar-refractivity contribution in [3.63, 3.8) is 0 Å². The van der Waals surface area contributed by atoms with Gasteiger partial charge in [0.05, 0.1) is 6.10 Å². The summed E-state index contributed by atoms with van der Waals surface area (Å²) in [6.45, 7) is 0.967. The summed E-state index contributed by atoms with van der Waals surface area (Å²) in [6.07, 6.45) is 8.94. The molecule has 1 saturated heterocycles. The molecule has 0 N–H and O–H groups in total. The average Bonchev–Trinajstić information content (AvgIpc) is 2.82. The van der Waals surface area contributed by atoms with Gasteiger partial charge in [0.2, 0.25) is 0 Å². The highest BCUT2D eigenvalue weighted by Crippen LogP contribution is 2.29. The largest absolute Gasteiger partial charge is 0.378 e. The zero-order chi connectivity index (χ0) is 10.8. The van der Waals surface area contributed by atoms with Gasteiger partial charge < -0.3 is 4.74 Å². The SMILES string of the molecule is C1=C(CC2CCCO2)CCc2ccccc21. The maximum absolute atomic E-state index is 5.70. The van der Waals surface area contributed by atoms with Crippen LogP contribution in [0.2, 0.25) is 0 Å². The molecule has 16 heavy (non-hydrogen) atoms. The van der Waals surface area contributed by atoms with Crippen LogP contribution in [-0.2, 0) is 11.2 Å². The van der Waals surface area contributed by atoms with Crippen molar-refractivity contribution in [1.82, 2.24) is 0 Å². The van der Waals surface area contributed by atoms with E-state index in [4.69, 9.17) is 4.74 Å². The van der Waals surface area contributed by atoms with Crippen LogP contribution < -0.4 is 0 Å². The van der Waals surface area contributed by atoms with Gasteiger partial charge in [-0.1, -0.05) is 35.9 Å². The fourth-order valence-corrected chi connectivity index (χ4v) is 2.75. The van der Waals surface area contributed by atoms with E-state index >= 15 is 0 Å². The fourth-order valence-electron chi connectivity index (χ4n) is 2.75. The van der Waals surface area contributed by atoms with Crippen LogP contribution in [0.5, 0.6) is 0 Å². The maximum atomic E-state index is 5.70. The molecule has 1 aliphatic carbocycles. The van der Waals surface area contributed by atoms with Crippen LogP contribution in [0.1, 0.15) is 36.8 Å². The third kappa shape index (κ3) is 2.05. The van der Waals surface area contributed by atoms with Crippen molar-refractivity contribution in [3.8, 4) is 0 Å². The summed E-state index contributed by atoms with van der Waals surface area (Å²) < 4.78 is 5.70. The van der Waals surface area contributed by atoms with Gasteiger partial charge in [-0.15, -0.1) is 0 Å². The molecule has 1 aliphatic heterocycles. The van der Waals surface area contributed by atoms with Crippen molar-refractivity contribution in [3.05, 3.63) is 41.0 Å². The van der Waals surface area contributed by atoms with Crippen LogP contribution in [-0.4, -0.2) is 12.7 Å². The van der Waals surface area contributed by atoms with E-state index in [2.05, 4.69) is 30.3 Å². The highest BCUT2D eigenvalue weighted by molar-refractivity contribution is 5.59. The van der Waals surface area contributed by atoms with Crippen LogP contribution in [0.25, 0.3) is 6.08 Å². The number of hydrogen-bond acceptors (Lipinski definition) is 1. The normalized spacial score (nSPS) is 24.0. The average molecular weight is 214 g/mol. The van der Waals surface area contributed by atoms with E-state index in [0.29, 0.717) is 6.10 Å². The molecule has 0 amide bonds. The molecule has 1 nitrogen and oxygen atoms in total. The minimum absolute atomic E-state index is 0.497. The Morgan fingerprint density at radius 3 is 3.00 bits per heavy atom. The van der Waals surface area contributed by atoms with Gasteiger partial charge >= 0.3 is 0 Å².